The molecule has 5 heteroatoms. The van der Waals surface area contributed by atoms with Gasteiger partial charge < -0.3 is 4.42 Å². The third-order valence-electron chi connectivity index (χ3n) is 2.60. The highest BCUT2D eigenvalue weighted by molar-refractivity contribution is 7.91. The van der Waals surface area contributed by atoms with Crippen molar-refractivity contribution < 1.29 is 17.6 Å². The first kappa shape index (κ1) is 12.6. The molecular weight excluding hydrogens is 252 g/mol. The molecule has 0 N–H and O–H groups in total. The third-order valence-corrected chi connectivity index (χ3v) is 4.35. The molecule has 1 aromatic carbocycles. The number of rotatable bonds is 4. The summed E-state index contributed by atoms with van der Waals surface area (Å²) in [5.41, 5.74) is 0.403. The van der Waals surface area contributed by atoms with Gasteiger partial charge in [-0.1, -0.05) is 6.92 Å². The van der Waals surface area contributed by atoms with Gasteiger partial charge in [0.25, 0.3) is 0 Å². The van der Waals surface area contributed by atoms with Crippen molar-refractivity contribution >= 4 is 15.6 Å². The Morgan fingerprint density at radius 1 is 1.17 bits per heavy atom. The molecule has 0 saturated carbocycles. The smallest absolute Gasteiger partial charge is 0.228 e. The van der Waals surface area contributed by atoms with Gasteiger partial charge in [0.05, 0.1) is 16.9 Å². The predicted molar refractivity (Wildman–Crippen MR) is 66.3 cm³/mol. The van der Waals surface area contributed by atoms with E-state index in [2.05, 4.69) is 0 Å². The second kappa shape index (κ2) is 4.78. The SMILES string of the molecule is CCS(=O)(=O)c1ccc(C(=O)c2ccco2)cc1. The third kappa shape index (κ3) is 2.36. The summed E-state index contributed by atoms with van der Waals surface area (Å²) in [5, 5.41) is 0. The highest BCUT2D eigenvalue weighted by Gasteiger charge is 2.14. The standard InChI is InChI=1S/C13H12O4S/c1-2-18(15,16)11-7-5-10(6-8-11)13(14)12-4-3-9-17-12/h3-9H,2H2,1H3. The van der Waals surface area contributed by atoms with Crippen molar-refractivity contribution in [2.24, 2.45) is 0 Å². The first-order valence-electron chi connectivity index (χ1n) is 5.45. The lowest BCUT2D eigenvalue weighted by Gasteiger charge is -2.02. The molecule has 0 aliphatic carbocycles. The Bertz CT molecular complexity index is 637. The molecule has 0 atom stereocenters. The molecule has 1 aromatic heterocycles. The molecule has 0 aliphatic rings. The van der Waals surface area contributed by atoms with Gasteiger partial charge in [0, 0.05) is 5.56 Å². The fraction of sp³-hybridized carbons (Fsp3) is 0.154. The van der Waals surface area contributed by atoms with Crippen molar-refractivity contribution in [1.82, 2.24) is 0 Å². The van der Waals surface area contributed by atoms with Crippen molar-refractivity contribution in [2.45, 2.75) is 11.8 Å². The summed E-state index contributed by atoms with van der Waals surface area (Å²) < 4.78 is 28.2. The lowest BCUT2D eigenvalue weighted by atomic mass is 10.1. The van der Waals surface area contributed by atoms with Crippen LogP contribution in [0.15, 0.2) is 52.0 Å². The second-order valence-electron chi connectivity index (χ2n) is 3.73. The van der Waals surface area contributed by atoms with E-state index in [0.717, 1.165) is 0 Å². The summed E-state index contributed by atoms with van der Waals surface area (Å²) in [5.74, 6) is 0.0138. The van der Waals surface area contributed by atoms with Crippen molar-refractivity contribution in [3.05, 3.63) is 54.0 Å². The molecule has 18 heavy (non-hydrogen) atoms. The maximum Gasteiger partial charge on any atom is 0.228 e. The first-order valence-corrected chi connectivity index (χ1v) is 7.11. The Kier molecular flexibility index (Phi) is 3.34. The number of hydrogen-bond donors (Lipinski definition) is 0. The van der Waals surface area contributed by atoms with Gasteiger partial charge in [-0.15, -0.1) is 0 Å². The zero-order chi connectivity index (χ0) is 13.2. The van der Waals surface area contributed by atoms with Crippen LogP contribution in [0.4, 0.5) is 0 Å². The first-order chi connectivity index (χ1) is 8.54. The van der Waals surface area contributed by atoms with Gasteiger partial charge >= 0.3 is 0 Å². The van der Waals surface area contributed by atoms with Crippen molar-refractivity contribution in [1.29, 1.82) is 0 Å². The van der Waals surface area contributed by atoms with Crippen LogP contribution in [0.3, 0.4) is 0 Å². The molecule has 0 fully saturated rings. The molecule has 94 valence electrons. The highest BCUT2D eigenvalue weighted by atomic mass is 32.2. The van der Waals surface area contributed by atoms with Crippen LogP contribution in [0, 0.1) is 0 Å². The average Bonchev–Trinajstić information content (AvgIpc) is 2.92. The van der Waals surface area contributed by atoms with E-state index in [9.17, 15) is 13.2 Å². The fourth-order valence-corrected chi connectivity index (χ4v) is 2.41. The summed E-state index contributed by atoms with van der Waals surface area (Å²) in [4.78, 5) is 12.1. The number of ketones is 1. The topological polar surface area (TPSA) is 64.3 Å². The Labute approximate surface area is 105 Å². The molecule has 2 rings (SSSR count). The summed E-state index contributed by atoms with van der Waals surface area (Å²) >= 11 is 0. The van der Waals surface area contributed by atoms with E-state index in [-0.39, 0.29) is 22.2 Å². The molecule has 0 amide bonds. The van der Waals surface area contributed by atoms with Crippen molar-refractivity contribution in [3.8, 4) is 0 Å². The van der Waals surface area contributed by atoms with Gasteiger partial charge in [-0.25, -0.2) is 8.42 Å². The molecule has 0 bridgehead atoms. The summed E-state index contributed by atoms with van der Waals surface area (Å²) in [6.45, 7) is 1.58. The Balaban J connectivity index is 2.32. The van der Waals surface area contributed by atoms with E-state index in [0.29, 0.717) is 5.56 Å². The average molecular weight is 264 g/mol. The normalized spacial score (nSPS) is 11.4. The van der Waals surface area contributed by atoms with Crippen LogP contribution in [0.1, 0.15) is 23.0 Å². The molecule has 4 nitrogen and oxygen atoms in total. The molecule has 0 radical (unpaired) electrons. The Morgan fingerprint density at radius 2 is 1.83 bits per heavy atom. The summed E-state index contributed by atoms with van der Waals surface area (Å²) in [6.07, 6.45) is 1.42. The quantitative estimate of drug-likeness (QED) is 0.795. The van der Waals surface area contributed by atoms with Crippen LogP contribution in [0.2, 0.25) is 0 Å². The molecule has 1 heterocycles. The number of carbonyl (C=O) groups excluding carboxylic acids is 1. The molecule has 0 unspecified atom stereocenters. The summed E-state index contributed by atoms with van der Waals surface area (Å²) in [7, 11) is -3.23. The van der Waals surface area contributed by atoms with E-state index < -0.39 is 9.84 Å². The van der Waals surface area contributed by atoms with Gasteiger partial charge in [-0.05, 0) is 36.4 Å². The van der Waals surface area contributed by atoms with Crippen molar-refractivity contribution in [3.63, 3.8) is 0 Å². The maximum absolute atomic E-state index is 11.9. The molecular formula is C13H12O4S. The van der Waals surface area contributed by atoms with Crippen LogP contribution in [0.5, 0.6) is 0 Å². The minimum atomic E-state index is -3.23. The zero-order valence-electron chi connectivity index (χ0n) is 9.79. The lowest BCUT2D eigenvalue weighted by molar-refractivity contribution is 0.101. The monoisotopic (exact) mass is 264 g/mol. The van der Waals surface area contributed by atoms with Gasteiger partial charge in [0.15, 0.2) is 15.6 Å². The minimum Gasteiger partial charge on any atom is -0.461 e. The number of sulfone groups is 1. The number of carbonyl (C=O) groups is 1. The maximum atomic E-state index is 11.9. The van der Waals surface area contributed by atoms with Crippen LogP contribution in [-0.2, 0) is 9.84 Å². The molecule has 0 aliphatic heterocycles. The van der Waals surface area contributed by atoms with Gasteiger partial charge in [0.2, 0.25) is 5.78 Å². The van der Waals surface area contributed by atoms with Gasteiger partial charge in [-0.3, -0.25) is 4.79 Å². The van der Waals surface area contributed by atoms with Crippen LogP contribution in [0.25, 0.3) is 0 Å². The van der Waals surface area contributed by atoms with E-state index in [1.807, 2.05) is 0 Å². The predicted octanol–water partition coefficient (Wildman–Crippen LogP) is 2.30. The Hall–Kier alpha value is -1.88. The van der Waals surface area contributed by atoms with E-state index >= 15 is 0 Å². The van der Waals surface area contributed by atoms with Crippen LogP contribution in [-0.4, -0.2) is 20.0 Å². The molecule has 0 spiro atoms. The molecule has 0 saturated heterocycles. The molecule has 2 aromatic rings. The van der Waals surface area contributed by atoms with Gasteiger partial charge in [0.1, 0.15) is 0 Å². The number of hydrogen-bond acceptors (Lipinski definition) is 4. The zero-order valence-corrected chi connectivity index (χ0v) is 10.6. The van der Waals surface area contributed by atoms with Gasteiger partial charge in [-0.2, -0.15) is 0 Å². The fourth-order valence-electron chi connectivity index (χ4n) is 1.53. The lowest BCUT2D eigenvalue weighted by Crippen LogP contribution is -2.05. The van der Waals surface area contributed by atoms with Crippen LogP contribution >= 0.6 is 0 Å². The van der Waals surface area contributed by atoms with E-state index in [1.54, 1.807) is 19.1 Å². The minimum absolute atomic E-state index is 0.0402. The Morgan fingerprint density at radius 3 is 2.33 bits per heavy atom. The van der Waals surface area contributed by atoms with E-state index in [1.165, 1.54) is 30.5 Å². The number of furan rings is 1. The highest BCUT2D eigenvalue weighted by Crippen LogP contribution is 2.15. The number of benzene rings is 1. The van der Waals surface area contributed by atoms with Crippen molar-refractivity contribution in [2.75, 3.05) is 5.75 Å². The van der Waals surface area contributed by atoms with Crippen LogP contribution < -0.4 is 0 Å². The largest absolute Gasteiger partial charge is 0.461 e. The second-order valence-corrected chi connectivity index (χ2v) is 6.01. The van der Waals surface area contributed by atoms with E-state index in [4.69, 9.17) is 4.42 Å². The summed E-state index contributed by atoms with van der Waals surface area (Å²) in [6, 6.07) is 9.06.